The Hall–Kier alpha value is -0.870. The molecule has 12 atom stereocenters. The highest BCUT2D eigenvalue weighted by Crippen LogP contribution is 2.69. The summed E-state index contributed by atoms with van der Waals surface area (Å²) >= 11 is 0. The van der Waals surface area contributed by atoms with Crippen LogP contribution < -0.4 is 0 Å². The van der Waals surface area contributed by atoms with Crippen LogP contribution in [0.1, 0.15) is 86.0 Å². The quantitative estimate of drug-likeness (QED) is 0.351. The average Bonchev–Trinajstić information content (AvgIpc) is 3.21. The van der Waals surface area contributed by atoms with Crippen LogP contribution in [-0.4, -0.2) is 30.6 Å². The van der Waals surface area contributed by atoms with E-state index in [1.165, 1.54) is 32.1 Å². The molecule has 3 saturated carbocycles. The maximum atomic E-state index is 11.5. The zero-order valence-corrected chi connectivity index (χ0v) is 21.3. The Labute approximate surface area is 200 Å². The highest BCUT2D eigenvalue weighted by molar-refractivity contribution is 5.66. The van der Waals surface area contributed by atoms with Gasteiger partial charge in [-0.3, -0.25) is 4.79 Å². The van der Waals surface area contributed by atoms with Crippen molar-refractivity contribution in [3.05, 3.63) is 12.2 Å². The predicted octanol–water partition coefficient (Wildman–Crippen LogP) is 6.14. The minimum Gasteiger partial charge on any atom is -0.463 e. The number of ether oxygens (including phenoxy) is 3. The van der Waals surface area contributed by atoms with E-state index in [0.717, 1.165) is 31.8 Å². The summed E-state index contributed by atoms with van der Waals surface area (Å²) in [6.07, 6.45) is 15.1. The van der Waals surface area contributed by atoms with Gasteiger partial charge in [-0.25, -0.2) is 0 Å². The molecule has 5 fully saturated rings. The van der Waals surface area contributed by atoms with Crippen molar-refractivity contribution in [1.82, 2.24) is 0 Å². The first-order valence-corrected chi connectivity index (χ1v) is 13.8. The van der Waals surface area contributed by atoms with E-state index in [9.17, 15) is 4.79 Å². The van der Waals surface area contributed by atoms with Crippen LogP contribution in [-0.2, 0) is 19.0 Å². The van der Waals surface area contributed by atoms with E-state index in [-0.39, 0.29) is 23.3 Å². The van der Waals surface area contributed by atoms with Crippen LogP contribution >= 0.6 is 0 Å². The van der Waals surface area contributed by atoms with Gasteiger partial charge in [0, 0.05) is 25.2 Å². The molecule has 0 aromatic heterocycles. The Bertz CT molecular complexity index is 827. The predicted molar refractivity (Wildman–Crippen MR) is 127 cm³/mol. The molecule has 2 saturated heterocycles. The van der Waals surface area contributed by atoms with Crippen LogP contribution in [0.4, 0.5) is 0 Å². The first kappa shape index (κ1) is 22.6. The summed E-state index contributed by atoms with van der Waals surface area (Å²) in [6, 6.07) is 0. The van der Waals surface area contributed by atoms with Crippen molar-refractivity contribution >= 4 is 5.97 Å². The Kier molecular flexibility index (Phi) is 5.18. The monoisotopic (exact) mass is 456 g/mol. The lowest BCUT2D eigenvalue weighted by atomic mass is 9.46. The van der Waals surface area contributed by atoms with Crippen LogP contribution in [0.25, 0.3) is 0 Å². The van der Waals surface area contributed by atoms with Gasteiger partial charge in [-0.1, -0.05) is 39.8 Å². The molecular weight excluding hydrogens is 412 g/mol. The molecule has 33 heavy (non-hydrogen) atoms. The van der Waals surface area contributed by atoms with Gasteiger partial charge in [-0.05, 0) is 85.4 Å². The molecular formula is C29H44O4. The molecule has 4 aliphatic carbocycles. The van der Waals surface area contributed by atoms with E-state index in [2.05, 4.69) is 39.8 Å². The van der Waals surface area contributed by atoms with Gasteiger partial charge in [0.2, 0.25) is 0 Å². The Morgan fingerprint density at radius 1 is 1.06 bits per heavy atom. The summed E-state index contributed by atoms with van der Waals surface area (Å²) in [6.45, 7) is 12.2. The molecule has 6 aliphatic rings. The lowest BCUT2D eigenvalue weighted by Crippen LogP contribution is -2.53. The van der Waals surface area contributed by atoms with E-state index in [0.29, 0.717) is 47.0 Å². The molecule has 0 radical (unpaired) electrons. The topological polar surface area (TPSA) is 44.8 Å². The van der Waals surface area contributed by atoms with Crippen molar-refractivity contribution in [2.45, 2.75) is 104 Å². The number of carbonyl (C=O) groups is 1. The standard InChI is InChI=1S/C29H44O4/c1-17-8-13-29(31-16-17)18(2)26-25(33-29)15-24-22-7-6-20-14-21(32-19(3)30)9-11-27(20,4)23(22)10-12-28(24,26)5/h10,12,17-18,20-26H,6-9,11,13-16H2,1-5H3/t17-,18-,20-,21+,22-,23+,24+,25-,26-,27-,28+,29+/m0/s1. The van der Waals surface area contributed by atoms with Crippen LogP contribution in [0, 0.1) is 52.3 Å². The number of carbonyl (C=O) groups excluding carboxylic acids is 1. The molecule has 1 spiro atoms. The van der Waals surface area contributed by atoms with Gasteiger partial charge in [0.1, 0.15) is 6.10 Å². The van der Waals surface area contributed by atoms with Gasteiger partial charge in [0.25, 0.3) is 0 Å². The normalized spacial score (nSPS) is 57.2. The molecule has 0 N–H and O–H groups in total. The SMILES string of the molecule is CC(=O)O[C@@H]1CC[C@@]2(C)[C@@H](CC[C@@H]3[C@H]4C[C@@H]5O[C@]6(CC[C@H](C)CO6)[C@@H](C)[C@@H]5[C@]4(C)C=C[C@H]32)C1. The number of rotatable bonds is 1. The second-order valence-electron chi connectivity index (χ2n) is 13.3. The van der Waals surface area contributed by atoms with Crippen molar-refractivity contribution < 1.29 is 19.0 Å². The van der Waals surface area contributed by atoms with Crippen molar-refractivity contribution in [2.24, 2.45) is 52.3 Å². The lowest BCUT2D eigenvalue weighted by molar-refractivity contribution is -0.272. The third-order valence-corrected chi connectivity index (χ3v) is 11.7. The number of fused-ring (bicyclic) bond motifs is 7. The van der Waals surface area contributed by atoms with Crippen LogP contribution in [0.5, 0.6) is 0 Å². The zero-order valence-electron chi connectivity index (χ0n) is 21.3. The number of hydrogen-bond acceptors (Lipinski definition) is 4. The molecule has 0 aromatic rings. The molecule has 6 rings (SSSR count). The van der Waals surface area contributed by atoms with E-state index < -0.39 is 0 Å². The van der Waals surface area contributed by atoms with Crippen molar-refractivity contribution in [3.63, 3.8) is 0 Å². The van der Waals surface area contributed by atoms with Crippen LogP contribution in [0.3, 0.4) is 0 Å². The fourth-order valence-corrected chi connectivity index (χ4v) is 9.92. The van der Waals surface area contributed by atoms with Crippen LogP contribution in [0.2, 0.25) is 0 Å². The van der Waals surface area contributed by atoms with Gasteiger partial charge < -0.3 is 14.2 Å². The maximum absolute atomic E-state index is 11.5. The third-order valence-electron chi connectivity index (χ3n) is 11.7. The largest absolute Gasteiger partial charge is 0.463 e. The Balaban J connectivity index is 1.25. The highest BCUT2D eigenvalue weighted by Gasteiger charge is 2.68. The first-order valence-electron chi connectivity index (χ1n) is 13.8. The third kappa shape index (κ3) is 3.18. The Morgan fingerprint density at radius 2 is 1.88 bits per heavy atom. The van der Waals surface area contributed by atoms with Gasteiger partial charge in [0.05, 0.1) is 12.7 Å². The summed E-state index contributed by atoms with van der Waals surface area (Å²) in [7, 11) is 0. The molecule has 0 aromatic carbocycles. The number of esters is 1. The molecule has 0 amide bonds. The molecule has 184 valence electrons. The lowest BCUT2D eigenvalue weighted by Gasteiger charge is -2.59. The first-order chi connectivity index (χ1) is 15.7. The highest BCUT2D eigenvalue weighted by atomic mass is 16.7. The molecule has 2 aliphatic heterocycles. The summed E-state index contributed by atoms with van der Waals surface area (Å²) in [5, 5.41) is 0. The van der Waals surface area contributed by atoms with Gasteiger partial charge in [-0.2, -0.15) is 0 Å². The van der Waals surface area contributed by atoms with Gasteiger partial charge in [-0.15, -0.1) is 0 Å². The minimum absolute atomic E-state index is 0.119. The Morgan fingerprint density at radius 3 is 2.61 bits per heavy atom. The minimum atomic E-state index is -0.334. The van der Waals surface area contributed by atoms with E-state index in [1.54, 1.807) is 6.92 Å². The fourth-order valence-electron chi connectivity index (χ4n) is 9.92. The summed E-state index contributed by atoms with van der Waals surface area (Å²) < 4.78 is 19.0. The van der Waals surface area contributed by atoms with E-state index in [4.69, 9.17) is 14.2 Å². The summed E-state index contributed by atoms with van der Waals surface area (Å²) in [4.78, 5) is 11.5. The number of hydrogen-bond donors (Lipinski definition) is 0. The van der Waals surface area contributed by atoms with E-state index in [1.807, 2.05) is 0 Å². The van der Waals surface area contributed by atoms with Crippen LogP contribution in [0.15, 0.2) is 12.2 Å². The molecule has 0 unspecified atom stereocenters. The van der Waals surface area contributed by atoms with Crippen molar-refractivity contribution in [2.75, 3.05) is 6.61 Å². The second-order valence-corrected chi connectivity index (χ2v) is 13.3. The molecule has 2 heterocycles. The summed E-state index contributed by atoms with van der Waals surface area (Å²) in [5.41, 5.74) is 0.560. The fraction of sp³-hybridized carbons (Fsp3) is 0.897. The average molecular weight is 457 g/mol. The number of allylic oxidation sites excluding steroid dienone is 2. The molecule has 4 heteroatoms. The van der Waals surface area contributed by atoms with Crippen molar-refractivity contribution in [1.29, 1.82) is 0 Å². The molecule has 4 nitrogen and oxygen atoms in total. The maximum Gasteiger partial charge on any atom is 0.302 e. The van der Waals surface area contributed by atoms with Gasteiger partial charge in [0.15, 0.2) is 5.79 Å². The second kappa shape index (κ2) is 7.56. The van der Waals surface area contributed by atoms with Crippen molar-refractivity contribution in [3.8, 4) is 0 Å². The zero-order chi connectivity index (χ0) is 23.2. The van der Waals surface area contributed by atoms with Gasteiger partial charge >= 0.3 is 5.97 Å². The summed E-state index contributed by atoms with van der Waals surface area (Å²) in [5.74, 6) is 4.02. The smallest absolute Gasteiger partial charge is 0.302 e. The van der Waals surface area contributed by atoms with E-state index >= 15 is 0 Å². The molecule has 0 bridgehead atoms.